The summed E-state index contributed by atoms with van der Waals surface area (Å²) in [5.41, 5.74) is 0.523. The molecule has 58 valence electrons. The average molecular weight is 153 g/mol. The Bertz CT molecular complexity index is 276. The molecule has 0 aromatic carbocycles. The summed E-state index contributed by atoms with van der Waals surface area (Å²) in [4.78, 5) is 13.8. The molecule has 0 spiro atoms. The van der Waals surface area contributed by atoms with Crippen LogP contribution < -0.4 is 0 Å². The fraction of sp³-hybridized carbons (Fsp3) is 0.167. The van der Waals surface area contributed by atoms with Crippen molar-refractivity contribution < 1.29 is 9.90 Å². The summed E-state index contributed by atoms with van der Waals surface area (Å²) in [5.74, 6) is -0.988. The van der Waals surface area contributed by atoms with E-state index in [-0.39, 0.29) is 0 Å². The van der Waals surface area contributed by atoms with Crippen molar-refractivity contribution in [3.05, 3.63) is 18.7 Å². The Morgan fingerprint density at radius 3 is 2.91 bits per heavy atom. The summed E-state index contributed by atoms with van der Waals surface area (Å²) in [5, 5.41) is 12.1. The van der Waals surface area contributed by atoms with Crippen LogP contribution >= 0.6 is 0 Å². The van der Waals surface area contributed by atoms with Gasteiger partial charge in [0.25, 0.3) is 0 Å². The molecule has 5 heteroatoms. The predicted octanol–water partition coefficient (Wildman–Crippen LogP) is 0.223. The van der Waals surface area contributed by atoms with Crippen molar-refractivity contribution in [2.24, 2.45) is 0 Å². The third kappa shape index (κ3) is 1.89. The van der Waals surface area contributed by atoms with E-state index < -0.39 is 5.97 Å². The summed E-state index contributed by atoms with van der Waals surface area (Å²) >= 11 is 0. The maximum atomic E-state index is 10.2. The predicted molar refractivity (Wildman–Crippen MR) is 37.6 cm³/mol. The summed E-state index contributed by atoms with van der Waals surface area (Å²) in [7, 11) is 0. The summed E-state index contributed by atoms with van der Waals surface area (Å²) < 4.78 is 1.38. The number of nitrogens with zero attached hydrogens (tertiary/aromatic N) is 3. The summed E-state index contributed by atoms with van der Waals surface area (Å²) in [6, 6.07) is 0. The van der Waals surface area contributed by atoms with Gasteiger partial charge in [-0.1, -0.05) is 0 Å². The molecule has 0 saturated carbocycles. The minimum atomic E-state index is -0.988. The van der Waals surface area contributed by atoms with Gasteiger partial charge >= 0.3 is 5.97 Å². The maximum Gasteiger partial charge on any atom is 0.330 e. The van der Waals surface area contributed by atoms with Gasteiger partial charge in [-0.2, -0.15) is 5.10 Å². The first-order chi connectivity index (χ1) is 5.20. The Morgan fingerprint density at radius 2 is 2.45 bits per heavy atom. The zero-order valence-corrected chi connectivity index (χ0v) is 5.93. The second kappa shape index (κ2) is 2.96. The van der Waals surface area contributed by atoms with Gasteiger partial charge in [0.2, 0.25) is 0 Å². The van der Waals surface area contributed by atoms with Crippen LogP contribution in [0.2, 0.25) is 0 Å². The topological polar surface area (TPSA) is 68.0 Å². The second-order valence-corrected chi connectivity index (χ2v) is 1.96. The van der Waals surface area contributed by atoms with Crippen LogP contribution in [0.5, 0.6) is 0 Å². The Balaban J connectivity index is 2.86. The Morgan fingerprint density at radius 1 is 1.73 bits per heavy atom. The van der Waals surface area contributed by atoms with Crippen molar-refractivity contribution in [1.29, 1.82) is 0 Å². The molecule has 0 radical (unpaired) electrons. The number of aliphatic carboxylic acids is 1. The highest BCUT2D eigenvalue weighted by Gasteiger charge is 1.95. The van der Waals surface area contributed by atoms with E-state index in [2.05, 4.69) is 10.1 Å². The van der Waals surface area contributed by atoms with Crippen molar-refractivity contribution >= 4 is 11.7 Å². The smallest absolute Gasteiger partial charge is 0.330 e. The minimum Gasteiger partial charge on any atom is -0.478 e. The van der Waals surface area contributed by atoms with Crippen LogP contribution in [0.4, 0.5) is 0 Å². The van der Waals surface area contributed by atoms with Gasteiger partial charge in [0.15, 0.2) is 0 Å². The molecule has 0 amide bonds. The highest BCUT2D eigenvalue weighted by atomic mass is 16.4. The molecule has 0 aliphatic carbocycles. The molecule has 5 nitrogen and oxygen atoms in total. The number of carboxylic acid groups (broad SMARTS) is 1. The Labute approximate surface area is 63.0 Å². The Kier molecular flexibility index (Phi) is 2.00. The van der Waals surface area contributed by atoms with E-state index in [9.17, 15) is 4.79 Å². The average Bonchev–Trinajstić information content (AvgIpc) is 2.35. The highest BCUT2D eigenvalue weighted by Crippen LogP contribution is 1.97. The lowest BCUT2D eigenvalue weighted by atomic mass is 10.4. The van der Waals surface area contributed by atoms with E-state index in [0.717, 1.165) is 6.08 Å². The van der Waals surface area contributed by atoms with Crippen LogP contribution in [0.25, 0.3) is 5.70 Å². The van der Waals surface area contributed by atoms with E-state index in [0.29, 0.717) is 5.70 Å². The van der Waals surface area contributed by atoms with Crippen molar-refractivity contribution in [1.82, 2.24) is 14.8 Å². The van der Waals surface area contributed by atoms with Crippen LogP contribution in [0, 0.1) is 0 Å². The van der Waals surface area contributed by atoms with E-state index in [1.807, 2.05) is 0 Å². The standard InChI is InChI=1S/C6H7N3O2/c1-5(2-6(10)11)9-4-7-3-8-9/h2-4H,1H3,(H,10,11)/b5-2-. The molecule has 1 N–H and O–H groups in total. The fourth-order valence-electron chi connectivity index (χ4n) is 0.635. The number of hydrogen-bond acceptors (Lipinski definition) is 3. The molecule has 1 heterocycles. The molecule has 0 unspecified atom stereocenters. The van der Waals surface area contributed by atoms with E-state index >= 15 is 0 Å². The van der Waals surface area contributed by atoms with Gasteiger partial charge in [-0.05, 0) is 6.92 Å². The highest BCUT2D eigenvalue weighted by molar-refractivity contribution is 5.85. The van der Waals surface area contributed by atoms with Crippen LogP contribution in [0.1, 0.15) is 6.92 Å². The van der Waals surface area contributed by atoms with Gasteiger partial charge in [-0.3, -0.25) is 0 Å². The molecule has 0 bridgehead atoms. The van der Waals surface area contributed by atoms with Crippen LogP contribution in [-0.4, -0.2) is 25.8 Å². The number of hydrogen-bond donors (Lipinski definition) is 1. The van der Waals surface area contributed by atoms with E-state index in [1.165, 1.54) is 17.3 Å². The van der Waals surface area contributed by atoms with Gasteiger partial charge in [0.05, 0.1) is 0 Å². The molecule has 0 atom stereocenters. The fourth-order valence-corrected chi connectivity index (χ4v) is 0.635. The van der Waals surface area contributed by atoms with Crippen molar-refractivity contribution in [2.75, 3.05) is 0 Å². The van der Waals surface area contributed by atoms with Crippen LogP contribution in [0.3, 0.4) is 0 Å². The molecule has 0 aliphatic heterocycles. The number of aromatic nitrogens is 3. The maximum absolute atomic E-state index is 10.2. The summed E-state index contributed by atoms with van der Waals surface area (Å²) in [6.07, 6.45) is 3.85. The molecular weight excluding hydrogens is 146 g/mol. The van der Waals surface area contributed by atoms with Gasteiger partial charge in [-0.15, -0.1) is 0 Å². The zero-order chi connectivity index (χ0) is 8.27. The largest absolute Gasteiger partial charge is 0.478 e. The first-order valence-electron chi connectivity index (χ1n) is 2.96. The molecule has 0 aliphatic rings. The number of carboxylic acids is 1. The summed E-state index contributed by atoms with van der Waals surface area (Å²) in [6.45, 7) is 1.64. The van der Waals surface area contributed by atoms with Gasteiger partial charge in [0, 0.05) is 11.8 Å². The molecule has 1 aromatic heterocycles. The molecule has 0 fully saturated rings. The number of carbonyl (C=O) groups is 1. The molecule has 0 saturated heterocycles. The quantitative estimate of drug-likeness (QED) is 0.617. The normalized spacial score (nSPS) is 11.5. The van der Waals surface area contributed by atoms with Crippen molar-refractivity contribution in [2.45, 2.75) is 6.92 Å². The lowest BCUT2D eigenvalue weighted by Gasteiger charge is -1.95. The third-order valence-corrected chi connectivity index (χ3v) is 1.11. The van der Waals surface area contributed by atoms with Crippen LogP contribution in [0.15, 0.2) is 18.7 Å². The molecule has 1 rings (SSSR count). The van der Waals surface area contributed by atoms with Gasteiger partial charge < -0.3 is 5.11 Å². The first kappa shape index (κ1) is 7.46. The van der Waals surface area contributed by atoms with Crippen molar-refractivity contribution in [3.63, 3.8) is 0 Å². The van der Waals surface area contributed by atoms with Gasteiger partial charge in [-0.25, -0.2) is 14.5 Å². The van der Waals surface area contributed by atoms with Crippen LogP contribution in [-0.2, 0) is 4.79 Å². The SMILES string of the molecule is C/C(=C/C(=O)O)n1cncn1. The molecular formula is C6H7N3O2. The molecule has 1 aromatic rings. The molecule has 11 heavy (non-hydrogen) atoms. The first-order valence-corrected chi connectivity index (χ1v) is 2.96. The number of allylic oxidation sites excluding steroid dienone is 1. The van der Waals surface area contributed by atoms with Gasteiger partial charge in [0.1, 0.15) is 12.7 Å². The monoisotopic (exact) mass is 153 g/mol. The second-order valence-electron chi connectivity index (χ2n) is 1.96. The third-order valence-electron chi connectivity index (χ3n) is 1.11. The zero-order valence-electron chi connectivity index (χ0n) is 5.93. The van der Waals surface area contributed by atoms with E-state index in [4.69, 9.17) is 5.11 Å². The number of rotatable bonds is 2. The van der Waals surface area contributed by atoms with Crippen molar-refractivity contribution in [3.8, 4) is 0 Å². The Hall–Kier alpha value is -1.65. The minimum absolute atomic E-state index is 0.523. The lowest BCUT2D eigenvalue weighted by molar-refractivity contribution is -0.131. The lowest BCUT2D eigenvalue weighted by Crippen LogP contribution is -1.97. The van der Waals surface area contributed by atoms with E-state index in [1.54, 1.807) is 6.92 Å².